The highest BCUT2D eigenvalue weighted by atomic mass is 19.1. The largest absolute Gasteiger partial charge is 0.461 e. The van der Waals surface area contributed by atoms with E-state index in [1.54, 1.807) is 28.8 Å². The molecule has 0 amide bonds. The van der Waals surface area contributed by atoms with Gasteiger partial charge in [-0.25, -0.2) is 9.37 Å². The number of ether oxygens (including phenoxy) is 1. The van der Waals surface area contributed by atoms with Gasteiger partial charge in [0.25, 0.3) is 5.56 Å². The van der Waals surface area contributed by atoms with E-state index in [1.807, 2.05) is 12.1 Å². The lowest BCUT2D eigenvalue weighted by Gasteiger charge is -2.12. The van der Waals surface area contributed by atoms with Crippen LogP contribution in [0.25, 0.3) is 10.9 Å². The van der Waals surface area contributed by atoms with E-state index in [0.29, 0.717) is 28.7 Å². The molecule has 0 spiro atoms. The highest BCUT2D eigenvalue weighted by molar-refractivity contribution is 5.77. The van der Waals surface area contributed by atoms with Gasteiger partial charge in [-0.15, -0.1) is 0 Å². The van der Waals surface area contributed by atoms with Gasteiger partial charge in [0.05, 0.1) is 17.3 Å². The minimum Gasteiger partial charge on any atom is -0.461 e. The Morgan fingerprint density at radius 2 is 2.00 bits per heavy atom. The van der Waals surface area contributed by atoms with Gasteiger partial charge in [0.2, 0.25) is 0 Å². The molecule has 1 aliphatic carbocycles. The van der Waals surface area contributed by atoms with Gasteiger partial charge in [-0.1, -0.05) is 24.3 Å². The molecule has 5 nitrogen and oxygen atoms in total. The molecule has 0 unspecified atom stereocenters. The van der Waals surface area contributed by atoms with Crippen LogP contribution in [0.4, 0.5) is 4.39 Å². The number of para-hydroxylation sites is 1. The molecule has 0 atom stereocenters. The number of nitrogens with zero attached hydrogens (tertiary/aromatic N) is 2. The van der Waals surface area contributed by atoms with Crippen LogP contribution in [0.5, 0.6) is 0 Å². The summed E-state index contributed by atoms with van der Waals surface area (Å²) in [5.41, 5.74) is 1.19. The van der Waals surface area contributed by atoms with Crippen molar-refractivity contribution >= 4 is 16.9 Å². The first-order valence-corrected chi connectivity index (χ1v) is 9.02. The molecule has 1 fully saturated rings. The number of halogens is 1. The lowest BCUT2D eigenvalue weighted by molar-refractivity contribution is -0.144. The molecule has 3 aromatic rings. The predicted molar refractivity (Wildman–Crippen MR) is 98.8 cm³/mol. The second-order valence-electron chi connectivity index (χ2n) is 6.74. The minimum atomic E-state index is -0.399. The van der Waals surface area contributed by atoms with Gasteiger partial charge in [-0.05, 0) is 42.7 Å². The molecule has 138 valence electrons. The van der Waals surface area contributed by atoms with Gasteiger partial charge in [-0.2, -0.15) is 0 Å². The number of esters is 1. The maximum absolute atomic E-state index is 13.2. The number of carbonyl (C=O) groups excluding carboxylic acids is 1. The Labute approximate surface area is 155 Å². The fourth-order valence-corrected chi connectivity index (χ4v) is 3.15. The van der Waals surface area contributed by atoms with Crippen LogP contribution in [0.15, 0.2) is 53.3 Å². The summed E-state index contributed by atoms with van der Waals surface area (Å²) in [6.07, 6.45) is 2.36. The van der Waals surface area contributed by atoms with Crippen LogP contribution >= 0.6 is 0 Å². The summed E-state index contributed by atoms with van der Waals surface area (Å²) in [4.78, 5) is 29.5. The van der Waals surface area contributed by atoms with Gasteiger partial charge in [-0.3, -0.25) is 14.2 Å². The Morgan fingerprint density at radius 1 is 1.19 bits per heavy atom. The lowest BCUT2D eigenvalue weighted by atomic mass is 10.2. The standard InChI is InChI=1S/C21H19FN2O3/c22-15-5-3-4-14(12-15)13-27-20(25)11-10-19-23-18-7-2-1-6-17(18)21(26)24(19)16-8-9-16/h1-7,12,16H,8-11,13H2. The lowest BCUT2D eigenvalue weighted by Crippen LogP contribution is -2.25. The second-order valence-corrected chi connectivity index (χ2v) is 6.74. The number of benzene rings is 2. The van der Waals surface area contributed by atoms with Crippen LogP contribution in [0.3, 0.4) is 0 Å². The summed E-state index contributed by atoms with van der Waals surface area (Å²) in [6.45, 7) is 0.0250. The average molecular weight is 366 g/mol. The summed E-state index contributed by atoms with van der Waals surface area (Å²) >= 11 is 0. The highest BCUT2D eigenvalue weighted by Crippen LogP contribution is 2.34. The molecular formula is C21H19FN2O3. The quantitative estimate of drug-likeness (QED) is 0.626. The Balaban J connectivity index is 1.47. The fraction of sp³-hybridized carbons (Fsp3) is 0.286. The number of aromatic nitrogens is 2. The molecule has 0 bridgehead atoms. The number of hydrogen-bond acceptors (Lipinski definition) is 4. The Hall–Kier alpha value is -3.02. The molecule has 0 saturated heterocycles. The molecular weight excluding hydrogens is 347 g/mol. The molecule has 0 aliphatic heterocycles. The summed E-state index contributed by atoms with van der Waals surface area (Å²) in [5, 5.41) is 0.599. The van der Waals surface area contributed by atoms with E-state index < -0.39 is 5.97 Å². The monoisotopic (exact) mass is 366 g/mol. The van der Waals surface area contributed by atoms with Gasteiger partial charge in [0.15, 0.2) is 0 Å². The number of aryl methyl sites for hydroxylation is 1. The van der Waals surface area contributed by atoms with Crippen molar-refractivity contribution in [3.05, 3.63) is 76.1 Å². The van der Waals surface area contributed by atoms with Crippen LogP contribution in [0.1, 0.15) is 36.7 Å². The molecule has 6 heteroatoms. The van der Waals surface area contributed by atoms with E-state index in [4.69, 9.17) is 4.74 Å². The molecule has 1 aliphatic rings. The van der Waals surface area contributed by atoms with E-state index in [1.165, 1.54) is 12.1 Å². The van der Waals surface area contributed by atoms with Crippen LogP contribution in [-0.4, -0.2) is 15.5 Å². The van der Waals surface area contributed by atoms with E-state index in [9.17, 15) is 14.0 Å². The highest BCUT2D eigenvalue weighted by Gasteiger charge is 2.28. The summed E-state index contributed by atoms with van der Waals surface area (Å²) in [7, 11) is 0. The normalized spacial score (nSPS) is 13.7. The third kappa shape index (κ3) is 3.89. The van der Waals surface area contributed by atoms with E-state index in [-0.39, 0.29) is 30.4 Å². The van der Waals surface area contributed by atoms with Crippen LogP contribution in [0, 0.1) is 5.82 Å². The average Bonchev–Trinajstić information content (AvgIpc) is 3.50. The van der Waals surface area contributed by atoms with Crippen molar-refractivity contribution in [1.82, 2.24) is 9.55 Å². The maximum Gasteiger partial charge on any atom is 0.306 e. The van der Waals surface area contributed by atoms with Gasteiger partial charge in [0.1, 0.15) is 18.2 Å². The third-order valence-electron chi connectivity index (χ3n) is 4.63. The third-order valence-corrected chi connectivity index (χ3v) is 4.63. The second kappa shape index (κ2) is 7.31. The van der Waals surface area contributed by atoms with Crippen molar-refractivity contribution in [3.8, 4) is 0 Å². The fourth-order valence-electron chi connectivity index (χ4n) is 3.15. The molecule has 0 N–H and O–H groups in total. The van der Waals surface area contributed by atoms with Gasteiger partial charge < -0.3 is 4.74 Å². The van der Waals surface area contributed by atoms with Crippen LogP contribution in [0.2, 0.25) is 0 Å². The van der Waals surface area contributed by atoms with Crippen molar-refractivity contribution in [2.45, 2.75) is 38.3 Å². The van der Waals surface area contributed by atoms with Crippen molar-refractivity contribution in [2.75, 3.05) is 0 Å². The molecule has 1 heterocycles. The van der Waals surface area contributed by atoms with E-state index >= 15 is 0 Å². The summed E-state index contributed by atoms with van der Waals surface area (Å²) in [5.74, 6) is -0.148. The van der Waals surface area contributed by atoms with Gasteiger partial charge >= 0.3 is 5.97 Å². The molecule has 2 aromatic carbocycles. The Bertz CT molecular complexity index is 1060. The maximum atomic E-state index is 13.2. The zero-order valence-electron chi connectivity index (χ0n) is 14.7. The minimum absolute atomic E-state index is 0.0250. The summed E-state index contributed by atoms with van der Waals surface area (Å²) in [6, 6.07) is 13.4. The molecule has 4 rings (SSSR count). The molecule has 1 aromatic heterocycles. The number of hydrogen-bond donors (Lipinski definition) is 0. The first kappa shape index (κ1) is 17.4. The first-order chi connectivity index (χ1) is 13.1. The first-order valence-electron chi connectivity index (χ1n) is 9.02. The Morgan fingerprint density at radius 3 is 2.78 bits per heavy atom. The number of carbonyl (C=O) groups is 1. The zero-order valence-corrected chi connectivity index (χ0v) is 14.7. The SMILES string of the molecule is O=C(CCc1nc2ccccc2c(=O)n1C1CC1)OCc1cccc(F)c1. The zero-order chi connectivity index (χ0) is 18.8. The molecule has 27 heavy (non-hydrogen) atoms. The van der Waals surface area contributed by atoms with Crippen LogP contribution < -0.4 is 5.56 Å². The predicted octanol–water partition coefficient (Wildman–Crippen LogP) is 3.55. The summed E-state index contributed by atoms with van der Waals surface area (Å²) < 4.78 is 20.1. The van der Waals surface area contributed by atoms with E-state index in [0.717, 1.165) is 12.8 Å². The number of fused-ring (bicyclic) bond motifs is 1. The molecule has 1 saturated carbocycles. The topological polar surface area (TPSA) is 61.2 Å². The Kier molecular flexibility index (Phi) is 4.71. The smallest absolute Gasteiger partial charge is 0.306 e. The number of rotatable bonds is 6. The van der Waals surface area contributed by atoms with Crippen LogP contribution in [-0.2, 0) is 22.6 Å². The van der Waals surface area contributed by atoms with E-state index in [2.05, 4.69) is 4.98 Å². The van der Waals surface area contributed by atoms with Crippen molar-refractivity contribution in [3.63, 3.8) is 0 Å². The molecule has 0 radical (unpaired) electrons. The van der Waals surface area contributed by atoms with Gasteiger partial charge in [0, 0.05) is 12.5 Å². The van der Waals surface area contributed by atoms with Crippen molar-refractivity contribution in [1.29, 1.82) is 0 Å². The van der Waals surface area contributed by atoms with Crippen molar-refractivity contribution in [2.24, 2.45) is 0 Å². The van der Waals surface area contributed by atoms with Crippen molar-refractivity contribution < 1.29 is 13.9 Å².